The van der Waals surface area contributed by atoms with Gasteiger partial charge in [0.15, 0.2) is 0 Å². The topological polar surface area (TPSA) is 0 Å². The number of allylic oxidation sites excluding steroid dienone is 8. The van der Waals surface area contributed by atoms with Gasteiger partial charge in [-0.2, -0.15) is 12.2 Å². The molecular weight excluding hydrogens is 165 g/mol. The van der Waals surface area contributed by atoms with Gasteiger partial charge in [-0.1, -0.05) is 0 Å². The molecular formula is C10H10Sc-2. The van der Waals surface area contributed by atoms with E-state index in [-0.39, 0.29) is 25.8 Å². The van der Waals surface area contributed by atoms with Crippen LogP contribution in [-0.4, -0.2) is 0 Å². The van der Waals surface area contributed by atoms with Crippen LogP contribution in [0.3, 0.4) is 0 Å². The van der Waals surface area contributed by atoms with Crippen molar-refractivity contribution in [1.29, 1.82) is 0 Å². The first-order valence-corrected chi connectivity index (χ1v) is 3.43. The molecule has 1 radical (unpaired) electrons. The van der Waals surface area contributed by atoms with Gasteiger partial charge in [-0.3, -0.25) is 12.2 Å². The van der Waals surface area contributed by atoms with Crippen LogP contribution in [0.2, 0.25) is 0 Å². The smallest absolute Gasteiger partial charge is 0 e. The van der Waals surface area contributed by atoms with Crippen molar-refractivity contribution in [3.8, 4) is 0 Å². The Morgan fingerprint density at radius 3 is 1.36 bits per heavy atom. The molecule has 0 saturated heterocycles. The van der Waals surface area contributed by atoms with Crippen LogP contribution in [0.1, 0.15) is 12.8 Å². The molecule has 11 heavy (non-hydrogen) atoms. The van der Waals surface area contributed by atoms with Crippen LogP contribution in [0.15, 0.2) is 36.5 Å². The Bertz CT molecular complexity index is 143. The fraction of sp³-hybridized carbons (Fsp3) is 0.200. The van der Waals surface area contributed by atoms with Crippen molar-refractivity contribution in [2.24, 2.45) is 0 Å². The second-order valence-corrected chi connectivity index (χ2v) is 2.01. The van der Waals surface area contributed by atoms with Crippen molar-refractivity contribution in [3.63, 3.8) is 0 Å². The van der Waals surface area contributed by atoms with Crippen molar-refractivity contribution in [3.05, 3.63) is 48.6 Å². The molecule has 0 aliphatic heterocycles. The molecule has 0 aromatic carbocycles. The first-order valence-electron chi connectivity index (χ1n) is 3.43. The summed E-state index contributed by atoms with van der Waals surface area (Å²) in [6, 6.07) is 0. The number of hydrogen-bond donors (Lipinski definition) is 0. The summed E-state index contributed by atoms with van der Waals surface area (Å²) in [6.45, 7) is 0. The van der Waals surface area contributed by atoms with Crippen LogP contribution in [0.5, 0.6) is 0 Å². The predicted molar refractivity (Wildman–Crippen MR) is 43.1 cm³/mol. The van der Waals surface area contributed by atoms with Crippen LogP contribution in [0.4, 0.5) is 0 Å². The summed E-state index contributed by atoms with van der Waals surface area (Å²) < 4.78 is 0. The Kier molecular flexibility index (Phi) is 7.81. The SMILES string of the molecule is [C-]1=CC=CC1.[C-]1=CC=CC1.[Sc]. The van der Waals surface area contributed by atoms with Gasteiger partial charge in [-0.05, 0) is 0 Å². The van der Waals surface area contributed by atoms with Crippen LogP contribution in [0, 0.1) is 12.2 Å². The molecule has 0 fully saturated rings. The molecule has 55 valence electrons. The van der Waals surface area contributed by atoms with Crippen molar-refractivity contribution < 1.29 is 25.8 Å². The van der Waals surface area contributed by atoms with Crippen molar-refractivity contribution in [2.75, 3.05) is 0 Å². The molecule has 2 rings (SSSR count). The van der Waals surface area contributed by atoms with E-state index in [1.54, 1.807) is 0 Å². The summed E-state index contributed by atoms with van der Waals surface area (Å²) in [5.74, 6) is 0. The summed E-state index contributed by atoms with van der Waals surface area (Å²) >= 11 is 0. The molecule has 0 aromatic rings. The average Bonchev–Trinajstić information content (AvgIpc) is 2.67. The largest absolute Gasteiger partial charge is 0.273 e. The molecule has 0 aromatic heterocycles. The Balaban J connectivity index is 0.000000167. The molecule has 2 aliphatic rings. The van der Waals surface area contributed by atoms with Gasteiger partial charge in [-0.15, -0.1) is 12.8 Å². The minimum Gasteiger partial charge on any atom is -0.273 e. The minimum absolute atomic E-state index is 0. The molecule has 0 nitrogen and oxygen atoms in total. The van der Waals surface area contributed by atoms with Gasteiger partial charge in [0.25, 0.3) is 0 Å². The maximum absolute atomic E-state index is 2.99. The average molecular weight is 175 g/mol. The molecule has 0 heterocycles. The van der Waals surface area contributed by atoms with E-state index in [0.717, 1.165) is 12.8 Å². The Morgan fingerprint density at radius 1 is 0.818 bits per heavy atom. The standard InChI is InChI=1S/2C5H5.Sc/c2*1-2-4-5-3-1;/h2*1-3H,4H2;/q2*-1;. The fourth-order valence-corrected chi connectivity index (χ4v) is 0.680. The third kappa shape index (κ3) is 6.24. The zero-order chi connectivity index (χ0) is 7.07. The maximum atomic E-state index is 2.99. The van der Waals surface area contributed by atoms with Gasteiger partial charge in [0.2, 0.25) is 0 Å². The maximum Gasteiger partial charge on any atom is 0 e. The normalized spacial score (nSPS) is 16.0. The molecule has 1 heteroatoms. The summed E-state index contributed by atoms with van der Waals surface area (Å²) in [6.07, 6.45) is 20.0. The Labute approximate surface area is 87.2 Å². The van der Waals surface area contributed by atoms with Gasteiger partial charge in [0, 0.05) is 25.8 Å². The predicted octanol–water partition coefficient (Wildman–Crippen LogP) is 2.61. The van der Waals surface area contributed by atoms with Crippen LogP contribution in [-0.2, 0) is 25.8 Å². The van der Waals surface area contributed by atoms with Gasteiger partial charge in [-0.25, -0.2) is 24.3 Å². The Hall–Kier alpha value is -0.170. The first kappa shape index (κ1) is 10.8. The molecule has 0 saturated carbocycles. The molecule has 0 N–H and O–H groups in total. The number of hydrogen-bond acceptors (Lipinski definition) is 0. The fourth-order valence-electron chi connectivity index (χ4n) is 0.680. The van der Waals surface area contributed by atoms with Gasteiger partial charge < -0.3 is 0 Å². The van der Waals surface area contributed by atoms with E-state index in [9.17, 15) is 0 Å². The molecule has 0 amide bonds. The first-order chi connectivity index (χ1) is 5.00. The van der Waals surface area contributed by atoms with Crippen molar-refractivity contribution >= 4 is 0 Å². The summed E-state index contributed by atoms with van der Waals surface area (Å²) in [4.78, 5) is 0. The zero-order valence-electron chi connectivity index (χ0n) is 6.46. The third-order valence-electron chi connectivity index (χ3n) is 1.17. The van der Waals surface area contributed by atoms with E-state index in [0.29, 0.717) is 0 Å². The van der Waals surface area contributed by atoms with E-state index in [1.165, 1.54) is 0 Å². The van der Waals surface area contributed by atoms with Crippen LogP contribution in [0.25, 0.3) is 0 Å². The molecule has 0 unspecified atom stereocenters. The molecule has 0 bridgehead atoms. The molecule has 0 atom stereocenters. The monoisotopic (exact) mass is 175 g/mol. The van der Waals surface area contributed by atoms with Crippen molar-refractivity contribution in [1.82, 2.24) is 0 Å². The van der Waals surface area contributed by atoms with E-state index < -0.39 is 0 Å². The second kappa shape index (κ2) is 7.93. The van der Waals surface area contributed by atoms with Gasteiger partial charge in [0.05, 0.1) is 0 Å². The van der Waals surface area contributed by atoms with E-state index >= 15 is 0 Å². The summed E-state index contributed by atoms with van der Waals surface area (Å²) in [7, 11) is 0. The van der Waals surface area contributed by atoms with E-state index in [1.807, 2.05) is 24.3 Å². The second-order valence-electron chi connectivity index (χ2n) is 2.01. The molecule has 0 spiro atoms. The minimum atomic E-state index is 0. The Morgan fingerprint density at radius 2 is 1.27 bits per heavy atom. The molecule has 2 aliphatic carbocycles. The van der Waals surface area contributed by atoms with E-state index in [2.05, 4.69) is 24.3 Å². The van der Waals surface area contributed by atoms with Crippen LogP contribution >= 0.6 is 0 Å². The van der Waals surface area contributed by atoms with Gasteiger partial charge >= 0.3 is 0 Å². The third-order valence-corrected chi connectivity index (χ3v) is 1.17. The number of rotatable bonds is 0. The quantitative estimate of drug-likeness (QED) is 0.496. The van der Waals surface area contributed by atoms with E-state index in [4.69, 9.17) is 0 Å². The van der Waals surface area contributed by atoms with Gasteiger partial charge in [0.1, 0.15) is 0 Å². The summed E-state index contributed by atoms with van der Waals surface area (Å²) in [5, 5.41) is 0. The van der Waals surface area contributed by atoms with Crippen LogP contribution < -0.4 is 0 Å². The zero-order valence-corrected chi connectivity index (χ0v) is 8.26. The summed E-state index contributed by atoms with van der Waals surface area (Å²) in [5.41, 5.74) is 0. The van der Waals surface area contributed by atoms with Crippen molar-refractivity contribution in [2.45, 2.75) is 12.8 Å².